The SMILES string of the molecule is CCCCCCC=C[C@H]1[C@H](SCCO)CC(=O)[C@@H]1CC=CCC[C@@H](O)C(=O)O. The molecular formula is C22H36O5S. The Bertz CT molecular complexity index is 517. The van der Waals surface area contributed by atoms with Gasteiger partial charge in [0.2, 0.25) is 0 Å². The summed E-state index contributed by atoms with van der Waals surface area (Å²) >= 11 is 1.68. The molecule has 1 aliphatic rings. The summed E-state index contributed by atoms with van der Waals surface area (Å²) in [5.74, 6) is -0.152. The van der Waals surface area contributed by atoms with E-state index in [4.69, 9.17) is 10.2 Å². The molecule has 5 nitrogen and oxygen atoms in total. The second kappa shape index (κ2) is 14.8. The number of rotatable bonds is 15. The van der Waals surface area contributed by atoms with Crippen LogP contribution in [0.25, 0.3) is 0 Å². The van der Waals surface area contributed by atoms with Gasteiger partial charge < -0.3 is 15.3 Å². The minimum Gasteiger partial charge on any atom is -0.479 e. The summed E-state index contributed by atoms with van der Waals surface area (Å²) in [5.41, 5.74) is 0. The maximum absolute atomic E-state index is 12.5. The zero-order valence-corrected chi connectivity index (χ0v) is 17.8. The summed E-state index contributed by atoms with van der Waals surface area (Å²) in [7, 11) is 0. The van der Waals surface area contributed by atoms with Crippen LogP contribution in [0.2, 0.25) is 0 Å². The number of hydrogen-bond donors (Lipinski definition) is 3. The molecule has 0 amide bonds. The first-order valence-electron chi connectivity index (χ1n) is 10.5. The topological polar surface area (TPSA) is 94.8 Å². The van der Waals surface area contributed by atoms with Crippen LogP contribution >= 0.6 is 11.8 Å². The Hall–Kier alpha value is -1.11. The normalized spacial score (nSPS) is 23.8. The predicted molar refractivity (Wildman–Crippen MR) is 114 cm³/mol. The number of hydrogen-bond acceptors (Lipinski definition) is 5. The minimum atomic E-state index is -1.33. The van der Waals surface area contributed by atoms with Gasteiger partial charge in [0.15, 0.2) is 6.10 Å². The number of allylic oxidation sites excluding steroid dienone is 4. The van der Waals surface area contributed by atoms with Gasteiger partial charge in [-0.1, -0.05) is 50.5 Å². The highest BCUT2D eigenvalue weighted by Gasteiger charge is 2.40. The van der Waals surface area contributed by atoms with Crippen molar-refractivity contribution >= 4 is 23.5 Å². The molecule has 160 valence electrons. The molecule has 4 atom stereocenters. The Morgan fingerprint density at radius 1 is 1.21 bits per heavy atom. The summed E-state index contributed by atoms with van der Waals surface area (Å²) in [6.07, 6.45) is 14.7. The van der Waals surface area contributed by atoms with Gasteiger partial charge in [-0.15, -0.1) is 0 Å². The largest absolute Gasteiger partial charge is 0.479 e. The molecule has 6 heteroatoms. The van der Waals surface area contributed by atoms with E-state index in [9.17, 15) is 14.7 Å². The Labute approximate surface area is 173 Å². The third-order valence-corrected chi connectivity index (χ3v) is 6.49. The first-order chi connectivity index (χ1) is 13.5. The van der Waals surface area contributed by atoms with Crippen molar-refractivity contribution in [2.45, 2.75) is 76.1 Å². The molecule has 0 aromatic heterocycles. The quantitative estimate of drug-likeness (QED) is 0.278. The number of Topliss-reactive ketones (excluding diaryl/α,β-unsaturated/α-hetero) is 1. The molecule has 0 bridgehead atoms. The standard InChI is InChI=1S/C22H36O5S/c1-2-3-4-5-6-8-12-18-17(20(25)16-21(18)28-15-14-23)11-9-7-10-13-19(24)22(26)27/h7-9,12,17-19,21,23-24H,2-6,10-11,13-16H2,1H3,(H,26,27)/t17-,18-,19-,21-/m1/s1. The monoisotopic (exact) mass is 412 g/mol. The molecule has 0 heterocycles. The summed E-state index contributed by atoms with van der Waals surface area (Å²) < 4.78 is 0. The van der Waals surface area contributed by atoms with E-state index in [1.807, 2.05) is 12.2 Å². The molecule has 1 rings (SSSR count). The predicted octanol–water partition coefficient (Wildman–Crippen LogP) is 3.98. The third kappa shape index (κ3) is 9.39. The molecule has 0 aromatic rings. The summed E-state index contributed by atoms with van der Waals surface area (Å²) in [4.78, 5) is 23.1. The average molecular weight is 413 g/mol. The van der Waals surface area contributed by atoms with Crippen LogP contribution in [0.4, 0.5) is 0 Å². The number of ketones is 1. The van der Waals surface area contributed by atoms with Crippen LogP contribution in [0.15, 0.2) is 24.3 Å². The van der Waals surface area contributed by atoms with E-state index in [1.54, 1.807) is 11.8 Å². The van der Waals surface area contributed by atoms with Crippen LogP contribution in [0.1, 0.15) is 64.7 Å². The third-order valence-electron chi connectivity index (χ3n) is 5.16. The Balaban J connectivity index is 2.58. The van der Waals surface area contributed by atoms with Gasteiger partial charge >= 0.3 is 5.97 Å². The van der Waals surface area contributed by atoms with Crippen LogP contribution < -0.4 is 0 Å². The second-order valence-corrected chi connectivity index (χ2v) is 8.75. The van der Waals surface area contributed by atoms with Crippen molar-refractivity contribution in [2.75, 3.05) is 12.4 Å². The number of carboxylic acids is 1. The lowest BCUT2D eigenvalue weighted by Crippen LogP contribution is -2.18. The van der Waals surface area contributed by atoms with Gasteiger partial charge in [-0.3, -0.25) is 4.79 Å². The van der Waals surface area contributed by atoms with Gasteiger partial charge in [0.1, 0.15) is 5.78 Å². The molecule has 0 saturated heterocycles. The Kier molecular flexibility index (Phi) is 13.2. The summed E-state index contributed by atoms with van der Waals surface area (Å²) in [5, 5.41) is 27.3. The first-order valence-corrected chi connectivity index (χ1v) is 11.5. The van der Waals surface area contributed by atoms with Crippen LogP contribution in [0, 0.1) is 11.8 Å². The maximum Gasteiger partial charge on any atom is 0.332 e. The Morgan fingerprint density at radius 3 is 2.68 bits per heavy atom. The van der Waals surface area contributed by atoms with Crippen LogP contribution in [-0.4, -0.2) is 50.8 Å². The first kappa shape index (κ1) is 24.9. The molecule has 3 N–H and O–H groups in total. The zero-order chi connectivity index (χ0) is 20.8. The lowest BCUT2D eigenvalue weighted by Gasteiger charge is -2.19. The van der Waals surface area contributed by atoms with Crippen molar-refractivity contribution in [1.82, 2.24) is 0 Å². The number of aliphatic hydroxyl groups excluding tert-OH is 2. The van der Waals surface area contributed by atoms with E-state index in [2.05, 4.69) is 19.1 Å². The highest BCUT2D eigenvalue weighted by Crippen LogP contribution is 2.40. The van der Waals surface area contributed by atoms with Crippen molar-refractivity contribution in [2.24, 2.45) is 11.8 Å². The van der Waals surface area contributed by atoms with E-state index < -0.39 is 12.1 Å². The number of aliphatic hydroxyl groups is 2. The fourth-order valence-electron chi connectivity index (χ4n) is 3.56. The minimum absolute atomic E-state index is 0.0521. The fourth-order valence-corrected chi connectivity index (χ4v) is 4.75. The number of carboxylic acid groups (broad SMARTS) is 1. The Morgan fingerprint density at radius 2 is 2.00 bits per heavy atom. The van der Waals surface area contributed by atoms with Gasteiger partial charge in [0, 0.05) is 23.3 Å². The molecule has 1 saturated carbocycles. The highest BCUT2D eigenvalue weighted by atomic mass is 32.2. The van der Waals surface area contributed by atoms with Crippen molar-refractivity contribution in [1.29, 1.82) is 0 Å². The molecule has 0 aromatic carbocycles. The molecular weight excluding hydrogens is 376 g/mol. The van der Waals surface area contributed by atoms with Crippen molar-refractivity contribution < 1.29 is 24.9 Å². The lowest BCUT2D eigenvalue weighted by molar-refractivity contribution is -0.146. The highest BCUT2D eigenvalue weighted by molar-refractivity contribution is 8.00. The fraction of sp³-hybridized carbons (Fsp3) is 0.727. The van der Waals surface area contributed by atoms with Gasteiger partial charge in [-0.2, -0.15) is 11.8 Å². The smallest absolute Gasteiger partial charge is 0.332 e. The van der Waals surface area contributed by atoms with E-state index in [0.29, 0.717) is 25.0 Å². The molecule has 1 aliphatic carbocycles. The lowest BCUT2D eigenvalue weighted by atomic mass is 9.91. The van der Waals surface area contributed by atoms with Crippen molar-refractivity contribution in [3.63, 3.8) is 0 Å². The average Bonchev–Trinajstić information content (AvgIpc) is 2.97. The number of thioether (sulfide) groups is 1. The van der Waals surface area contributed by atoms with E-state index in [0.717, 1.165) is 6.42 Å². The molecule has 0 aliphatic heterocycles. The van der Waals surface area contributed by atoms with E-state index >= 15 is 0 Å². The number of aliphatic carboxylic acids is 1. The maximum atomic E-state index is 12.5. The number of carbonyl (C=O) groups excluding carboxylic acids is 1. The van der Waals surface area contributed by atoms with Gasteiger partial charge in [0.25, 0.3) is 0 Å². The van der Waals surface area contributed by atoms with Crippen molar-refractivity contribution in [3.05, 3.63) is 24.3 Å². The molecule has 28 heavy (non-hydrogen) atoms. The van der Waals surface area contributed by atoms with Crippen molar-refractivity contribution in [3.8, 4) is 0 Å². The van der Waals surface area contributed by atoms with Crippen LogP contribution in [-0.2, 0) is 9.59 Å². The van der Waals surface area contributed by atoms with Crippen LogP contribution in [0.5, 0.6) is 0 Å². The van der Waals surface area contributed by atoms with E-state index in [1.165, 1.54) is 25.7 Å². The molecule has 0 radical (unpaired) electrons. The summed E-state index contributed by atoms with van der Waals surface area (Å²) in [6, 6.07) is 0. The molecule has 0 spiro atoms. The van der Waals surface area contributed by atoms with E-state index in [-0.39, 0.29) is 35.9 Å². The summed E-state index contributed by atoms with van der Waals surface area (Å²) in [6.45, 7) is 2.32. The number of unbranched alkanes of at least 4 members (excludes halogenated alkanes) is 4. The van der Waals surface area contributed by atoms with Gasteiger partial charge in [-0.25, -0.2) is 4.79 Å². The van der Waals surface area contributed by atoms with Crippen LogP contribution in [0.3, 0.4) is 0 Å². The molecule has 0 unspecified atom stereocenters. The molecule has 1 fully saturated rings. The van der Waals surface area contributed by atoms with Gasteiger partial charge in [-0.05, 0) is 38.0 Å². The second-order valence-electron chi connectivity index (χ2n) is 7.40. The van der Waals surface area contributed by atoms with Gasteiger partial charge in [0.05, 0.1) is 6.61 Å². The number of carbonyl (C=O) groups is 2. The zero-order valence-electron chi connectivity index (χ0n) is 17.0.